The SMILES string of the molecule is Cc1nc(CN)sc1C1=C(OC(=O)O)N2C(=O)[C@H](CO)[C@H]2S1. The summed E-state index contributed by atoms with van der Waals surface area (Å²) >= 11 is 2.65. The smallest absolute Gasteiger partial charge is 0.449 e. The van der Waals surface area contributed by atoms with E-state index in [-0.39, 0.29) is 30.3 Å². The number of β-lactam (4-membered cyclic amide) rings is 1. The van der Waals surface area contributed by atoms with Crippen molar-refractivity contribution in [2.24, 2.45) is 11.7 Å². The number of aromatic nitrogens is 1. The minimum Gasteiger partial charge on any atom is -0.449 e. The first-order valence-electron chi connectivity index (χ1n) is 6.40. The van der Waals surface area contributed by atoms with Crippen molar-refractivity contribution in [3.05, 3.63) is 21.5 Å². The number of nitrogens with two attached hydrogens (primary N) is 1. The lowest BCUT2D eigenvalue weighted by atomic mass is 10.00. The Morgan fingerprint density at radius 1 is 1.55 bits per heavy atom. The molecule has 1 amide bonds. The first kappa shape index (κ1) is 15.3. The maximum absolute atomic E-state index is 12.0. The van der Waals surface area contributed by atoms with Gasteiger partial charge in [-0.05, 0) is 6.92 Å². The predicted molar refractivity (Wildman–Crippen MR) is 79.6 cm³/mol. The number of carbonyl (C=O) groups excluding carboxylic acids is 1. The van der Waals surface area contributed by atoms with Crippen molar-refractivity contribution in [2.45, 2.75) is 18.8 Å². The fourth-order valence-corrected chi connectivity index (χ4v) is 4.96. The fraction of sp³-hybridized carbons (Fsp3) is 0.417. The monoisotopic (exact) mass is 343 g/mol. The van der Waals surface area contributed by atoms with Crippen LogP contribution in [0.1, 0.15) is 15.6 Å². The van der Waals surface area contributed by atoms with Crippen LogP contribution in [0.4, 0.5) is 4.79 Å². The lowest BCUT2D eigenvalue weighted by molar-refractivity contribution is -0.151. The van der Waals surface area contributed by atoms with Crippen molar-refractivity contribution in [2.75, 3.05) is 6.61 Å². The highest BCUT2D eigenvalue weighted by Crippen LogP contribution is 2.54. The van der Waals surface area contributed by atoms with Crippen molar-refractivity contribution in [3.8, 4) is 0 Å². The lowest BCUT2D eigenvalue weighted by Gasteiger charge is -2.40. The second-order valence-corrected chi connectivity index (χ2v) is 6.94. The Morgan fingerprint density at radius 3 is 2.82 bits per heavy atom. The molecular weight excluding hydrogens is 330 g/mol. The van der Waals surface area contributed by atoms with E-state index < -0.39 is 12.1 Å². The van der Waals surface area contributed by atoms with E-state index in [2.05, 4.69) is 4.98 Å². The number of thioether (sulfide) groups is 1. The van der Waals surface area contributed by atoms with E-state index in [0.29, 0.717) is 10.6 Å². The third-order valence-electron chi connectivity index (χ3n) is 3.41. The molecule has 0 radical (unpaired) electrons. The van der Waals surface area contributed by atoms with Crippen LogP contribution in [0.25, 0.3) is 4.91 Å². The molecule has 2 aliphatic heterocycles. The summed E-state index contributed by atoms with van der Waals surface area (Å²) in [7, 11) is 0. The number of hydrogen-bond acceptors (Lipinski definition) is 8. The Labute approximate surface area is 133 Å². The summed E-state index contributed by atoms with van der Waals surface area (Å²) in [4.78, 5) is 29.8. The molecule has 22 heavy (non-hydrogen) atoms. The van der Waals surface area contributed by atoms with Crippen LogP contribution in [-0.2, 0) is 16.1 Å². The molecule has 0 aliphatic carbocycles. The molecule has 1 saturated heterocycles. The minimum atomic E-state index is -1.49. The Kier molecular flexibility index (Phi) is 3.85. The molecule has 3 rings (SSSR count). The number of aliphatic hydroxyl groups excluding tert-OH is 1. The van der Waals surface area contributed by atoms with Gasteiger partial charge in [0.15, 0.2) is 0 Å². The first-order valence-corrected chi connectivity index (χ1v) is 8.10. The van der Waals surface area contributed by atoms with Gasteiger partial charge in [-0.1, -0.05) is 11.8 Å². The third-order valence-corrected chi connectivity index (χ3v) is 6.13. The maximum atomic E-state index is 12.0. The van der Waals surface area contributed by atoms with Gasteiger partial charge in [-0.2, -0.15) is 0 Å². The van der Waals surface area contributed by atoms with Gasteiger partial charge in [0.05, 0.1) is 28.0 Å². The van der Waals surface area contributed by atoms with Gasteiger partial charge >= 0.3 is 6.16 Å². The van der Waals surface area contributed by atoms with Crippen molar-refractivity contribution in [1.29, 1.82) is 0 Å². The highest BCUT2D eigenvalue weighted by atomic mass is 32.2. The number of nitrogens with zero attached hydrogens (tertiary/aromatic N) is 2. The third kappa shape index (κ3) is 2.19. The van der Waals surface area contributed by atoms with Gasteiger partial charge in [0.1, 0.15) is 10.4 Å². The largest absolute Gasteiger partial charge is 0.512 e. The molecule has 0 bridgehead atoms. The summed E-state index contributed by atoms with van der Waals surface area (Å²) in [5.41, 5.74) is 6.28. The number of aliphatic hydroxyl groups is 1. The lowest BCUT2D eigenvalue weighted by Crippen LogP contribution is -2.58. The van der Waals surface area contributed by atoms with E-state index in [1.165, 1.54) is 28.0 Å². The Hall–Kier alpha value is -1.62. The maximum Gasteiger partial charge on any atom is 0.512 e. The summed E-state index contributed by atoms with van der Waals surface area (Å²) in [6.45, 7) is 1.79. The molecule has 3 heterocycles. The van der Waals surface area contributed by atoms with Crippen molar-refractivity contribution < 1.29 is 24.5 Å². The second-order valence-electron chi connectivity index (χ2n) is 4.73. The van der Waals surface area contributed by atoms with Crippen LogP contribution in [0.3, 0.4) is 0 Å². The molecule has 4 N–H and O–H groups in total. The van der Waals surface area contributed by atoms with Crippen LogP contribution < -0.4 is 5.73 Å². The number of rotatable bonds is 4. The van der Waals surface area contributed by atoms with Crippen LogP contribution in [0.15, 0.2) is 5.88 Å². The zero-order valence-electron chi connectivity index (χ0n) is 11.5. The quantitative estimate of drug-likeness (QED) is 0.540. The molecule has 2 aliphatic rings. The van der Waals surface area contributed by atoms with Crippen molar-refractivity contribution in [3.63, 3.8) is 0 Å². The fourth-order valence-electron chi connectivity index (χ4n) is 2.40. The van der Waals surface area contributed by atoms with Crippen LogP contribution in [-0.4, -0.2) is 44.1 Å². The summed E-state index contributed by atoms with van der Waals surface area (Å²) in [6.07, 6.45) is -1.49. The van der Waals surface area contributed by atoms with E-state index in [9.17, 15) is 14.7 Å². The molecular formula is C12H13N3O5S2. The van der Waals surface area contributed by atoms with E-state index >= 15 is 0 Å². The number of amides is 1. The number of thiazole rings is 1. The van der Waals surface area contributed by atoms with Gasteiger partial charge in [-0.3, -0.25) is 9.69 Å². The molecule has 2 atom stereocenters. The molecule has 0 spiro atoms. The summed E-state index contributed by atoms with van der Waals surface area (Å²) in [5.74, 6) is -0.892. The number of ether oxygens (including phenoxy) is 1. The Bertz CT molecular complexity index is 686. The van der Waals surface area contributed by atoms with Crippen LogP contribution in [0.5, 0.6) is 0 Å². The molecule has 1 fully saturated rings. The Balaban J connectivity index is 2.03. The molecule has 8 nitrogen and oxygen atoms in total. The van der Waals surface area contributed by atoms with E-state index in [1.54, 1.807) is 6.92 Å². The molecule has 0 aromatic carbocycles. The van der Waals surface area contributed by atoms with Gasteiger partial charge in [0.25, 0.3) is 0 Å². The predicted octanol–water partition coefficient (Wildman–Crippen LogP) is 0.755. The van der Waals surface area contributed by atoms with Crippen LogP contribution in [0.2, 0.25) is 0 Å². The molecule has 1 aromatic rings. The van der Waals surface area contributed by atoms with Gasteiger partial charge in [0.2, 0.25) is 11.8 Å². The summed E-state index contributed by atoms with van der Waals surface area (Å²) < 4.78 is 4.82. The standard InChI is InChI=1S/C12H13N3O5S2/c1-4-7(21-6(2-13)14-4)8-10(20-12(18)19)15-9(17)5(3-16)11(15)22-8/h5,11,16H,2-3,13H2,1H3,(H,18,19)/t5-,11+/m0/s1. The normalized spacial score (nSPS) is 23.6. The molecule has 118 valence electrons. The van der Waals surface area contributed by atoms with Crippen LogP contribution >= 0.6 is 23.1 Å². The number of carboxylic acid groups (broad SMARTS) is 1. The zero-order chi connectivity index (χ0) is 16.0. The van der Waals surface area contributed by atoms with Crippen molar-refractivity contribution >= 4 is 40.1 Å². The average Bonchev–Trinajstić information content (AvgIpc) is 2.97. The van der Waals surface area contributed by atoms with Gasteiger partial charge in [0, 0.05) is 6.54 Å². The Morgan fingerprint density at radius 2 is 2.27 bits per heavy atom. The highest BCUT2D eigenvalue weighted by molar-refractivity contribution is 8.09. The molecule has 0 unspecified atom stereocenters. The zero-order valence-corrected chi connectivity index (χ0v) is 13.1. The summed E-state index contributed by atoms with van der Waals surface area (Å²) in [6, 6.07) is 0. The minimum absolute atomic E-state index is 0.00692. The number of hydrogen-bond donors (Lipinski definition) is 3. The molecule has 0 saturated carbocycles. The average molecular weight is 343 g/mol. The van der Waals surface area contributed by atoms with E-state index in [4.69, 9.17) is 15.6 Å². The number of carbonyl (C=O) groups is 2. The highest BCUT2D eigenvalue weighted by Gasteiger charge is 2.56. The van der Waals surface area contributed by atoms with Crippen LogP contribution in [0, 0.1) is 12.8 Å². The van der Waals surface area contributed by atoms with Gasteiger partial charge < -0.3 is 20.7 Å². The summed E-state index contributed by atoms with van der Waals surface area (Å²) in [5, 5.41) is 18.5. The second kappa shape index (κ2) is 5.54. The first-order chi connectivity index (χ1) is 10.5. The van der Waals surface area contributed by atoms with E-state index in [0.717, 1.165) is 9.88 Å². The van der Waals surface area contributed by atoms with Gasteiger partial charge in [-0.15, -0.1) is 11.3 Å². The number of aryl methyl sites for hydroxylation is 1. The molecule has 1 aromatic heterocycles. The van der Waals surface area contributed by atoms with Gasteiger partial charge in [-0.25, -0.2) is 9.78 Å². The topological polar surface area (TPSA) is 126 Å². The number of fused-ring (bicyclic) bond motifs is 1. The van der Waals surface area contributed by atoms with Crippen molar-refractivity contribution in [1.82, 2.24) is 9.88 Å². The molecule has 10 heteroatoms. The van der Waals surface area contributed by atoms with E-state index in [1.807, 2.05) is 0 Å².